The van der Waals surface area contributed by atoms with E-state index in [2.05, 4.69) is 0 Å². The highest BCUT2D eigenvalue weighted by Gasteiger charge is 2.46. The van der Waals surface area contributed by atoms with Gasteiger partial charge in [0.15, 0.2) is 0 Å². The number of hydrogen-bond acceptors (Lipinski definition) is 4. The van der Waals surface area contributed by atoms with Crippen molar-refractivity contribution < 1.29 is 19.1 Å². The molecule has 1 aliphatic heterocycles. The van der Waals surface area contributed by atoms with Gasteiger partial charge >= 0.3 is 11.9 Å². The molecule has 0 aromatic heterocycles. The quantitative estimate of drug-likeness (QED) is 0.690. The normalized spacial score (nSPS) is 25.0. The minimum atomic E-state index is -0.751. The second-order valence-corrected chi connectivity index (χ2v) is 5.10. The Bertz CT molecular complexity index is 283. The molecule has 0 saturated carbocycles. The summed E-state index contributed by atoms with van der Waals surface area (Å²) in [6.45, 7) is 7.86. The summed E-state index contributed by atoms with van der Waals surface area (Å²) in [6.07, 6.45) is 0.954. The molecule has 0 amide bonds. The molecule has 4 heteroatoms. The lowest BCUT2D eigenvalue weighted by Gasteiger charge is -2.23. The van der Waals surface area contributed by atoms with E-state index in [0.717, 1.165) is 12.8 Å². The van der Waals surface area contributed by atoms with Crippen molar-refractivity contribution in [3.05, 3.63) is 0 Å². The lowest BCUT2D eigenvalue weighted by atomic mass is 9.89. The summed E-state index contributed by atoms with van der Waals surface area (Å²) in [4.78, 5) is 23.1. The lowest BCUT2D eigenvalue weighted by molar-refractivity contribution is -0.166. The lowest BCUT2D eigenvalue weighted by Crippen LogP contribution is -2.36. The van der Waals surface area contributed by atoms with Crippen LogP contribution >= 0.6 is 0 Å². The monoisotopic (exact) mass is 228 g/mol. The van der Waals surface area contributed by atoms with Crippen molar-refractivity contribution in [2.24, 2.45) is 11.3 Å². The first kappa shape index (κ1) is 13.0. The molecule has 0 aliphatic carbocycles. The van der Waals surface area contributed by atoms with Crippen LogP contribution in [0.5, 0.6) is 0 Å². The van der Waals surface area contributed by atoms with Crippen molar-refractivity contribution in [2.75, 3.05) is 6.61 Å². The second-order valence-electron chi connectivity index (χ2n) is 5.10. The zero-order valence-electron chi connectivity index (χ0n) is 10.4. The van der Waals surface area contributed by atoms with Crippen LogP contribution in [-0.4, -0.2) is 24.6 Å². The Kier molecular flexibility index (Phi) is 3.94. The van der Waals surface area contributed by atoms with E-state index in [1.807, 2.05) is 27.7 Å². The second kappa shape index (κ2) is 4.85. The third kappa shape index (κ3) is 2.74. The maximum absolute atomic E-state index is 11.7. The Hall–Kier alpha value is -1.06. The SMILES string of the molecule is CCCC(C)C(=O)OC1C(=O)OCC1(C)C. The molecule has 2 atom stereocenters. The smallest absolute Gasteiger partial charge is 0.348 e. The number of esters is 2. The van der Waals surface area contributed by atoms with Crippen molar-refractivity contribution in [2.45, 2.75) is 46.6 Å². The maximum atomic E-state index is 11.7. The van der Waals surface area contributed by atoms with Crippen LogP contribution < -0.4 is 0 Å². The highest BCUT2D eigenvalue weighted by atomic mass is 16.6. The fourth-order valence-electron chi connectivity index (χ4n) is 1.72. The van der Waals surface area contributed by atoms with Gasteiger partial charge in [0, 0.05) is 5.41 Å². The number of hydrogen-bond donors (Lipinski definition) is 0. The Morgan fingerprint density at radius 3 is 2.69 bits per heavy atom. The van der Waals surface area contributed by atoms with Crippen LogP contribution in [0, 0.1) is 11.3 Å². The Morgan fingerprint density at radius 2 is 2.25 bits per heavy atom. The number of rotatable bonds is 4. The minimum Gasteiger partial charge on any atom is -0.462 e. The number of cyclic esters (lactones) is 1. The van der Waals surface area contributed by atoms with Crippen molar-refractivity contribution in [3.8, 4) is 0 Å². The van der Waals surface area contributed by atoms with E-state index in [1.54, 1.807) is 0 Å². The Labute approximate surface area is 96.3 Å². The molecule has 1 aliphatic rings. The Balaban J connectivity index is 2.59. The molecule has 0 aromatic rings. The van der Waals surface area contributed by atoms with Gasteiger partial charge in [-0.15, -0.1) is 0 Å². The first-order chi connectivity index (χ1) is 7.38. The van der Waals surface area contributed by atoms with E-state index < -0.39 is 17.5 Å². The van der Waals surface area contributed by atoms with E-state index in [0.29, 0.717) is 6.61 Å². The highest BCUT2D eigenvalue weighted by Crippen LogP contribution is 2.31. The van der Waals surface area contributed by atoms with Crippen LogP contribution in [0.25, 0.3) is 0 Å². The number of carbonyl (C=O) groups is 2. The molecule has 1 saturated heterocycles. The zero-order chi connectivity index (χ0) is 12.3. The summed E-state index contributed by atoms with van der Waals surface area (Å²) < 4.78 is 10.1. The van der Waals surface area contributed by atoms with E-state index in [1.165, 1.54) is 0 Å². The molecule has 0 aromatic carbocycles. The fourth-order valence-corrected chi connectivity index (χ4v) is 1.72. The average molecular weight is 228 g/mol. The van der Waals surface area contributed by atoms with Gasteiger partial charge in [-0.1, -0.05) is 34.1 Å². The van der Waals surface area contributed by atoms with Gasteiger partial charge in [-0.05, 0) is 6.42 Å². The largest absolute Gasteiger partial charge is 0.462 e. The molecular weight excluding hydrogens is 208 g/mol. The van der Waals surface area contributed by atoms with Gasteiger partial charge in [-0.2, -0.15) is 0 Å². The summed E-state index contributed by atoms with van der Waals surface area (Å²) in [7, 11) is 0. The summed E-state index contributed by atoms with van der Waals surface area (Å²) in [5, 5.41) is 0. The topological polar surface area (TPSA) is 52.6 Å². The highest BCUT2D eigenvalue weighted by molar-refractivity contribution is 5.82. The van der Waals surface area contributed by atoms with Gasteiger partial charge in [-0.25, -0.2) is 4.79 Å². The van der Waals surface area contributed by atoms with E-state index in [-0.39, 0.29) is 11.9 Å². The molecule has 92 valence electrons. The number of carbonyl (C=O) groups excluding carboxylic acids is 2. The van der Waals surface area contributed by atoms with Crippen molar-refractivity contribution in [3.63, 3.8) is 0 Å². The van der Waals surface area contributed by atoms with Crippen molar-refractivity contribution in [1.82, 2.24) is 0 Å². The van der Waals surface area contributed by atoms with Gasteiger partial charge < -0.3 is 9.47 Å². The maximum Gasteiger partial charge on any atom is 0.348 e. The summed E-state index contributed by atoms with van der Waals surface area (Å²) in [5.41, 5.74) is -0.418. The summed E-state index contributed by atoms with van der Waals surface area (Å²) in [5.74, 6) is -0.893. The molecule has 0 radical (unpaired) electrons. The third-order valence-electron chi connectivity index (χ3n) is 2.87. The molecule has 1 fully saturated rings. The predicted molar refractivity (Wildman–Crippen MR) is 58.7 cm³/mol. The van der Waals surface area contributed by atoms with E-state index in [9.17, 15) is 9.59 Å². The molecule has 0 spiro atoms. The molecule has 0 bridgehead atoms. The minimum absolute atomic E-state index is 0.158. The van der Waals surface area contributed by atoms with Crippen LogP contribution in [0.4, 0.5) is 0 Å². The van der Waals surface area contributed by atoms with Gasteiger partial charge in [0.05, 0.1) is 5.92 Å². The molecule has 16 heavy (non-hydrogen) atoms. The number of ether oxygens (including phenoxy) is 2. The van der Waals surface area contributed by atoms with Crippen LogP contribution in [0.2, 0.25) is 0 Å². The summed E-state index contributed by atoms with van der Waals surface area (Å²) >= 11 is 0. The fraction of sp³-hybridized carbons (Fsp3) is 0.833. The van der Waals surface area contributed by atoms with E-state index >= 15 is 0 Å². The molecule has 1 heterocycles. The van der Waals surface area contributed by atoms with Gasteiger partial charge in [0.25, 0.3) is 0 Å². The standard InChI is InChI=1S/C12H20O4/c1-5-6-8(2)10(13)16-9-11(14)15-7-12(9,3)4/h8-9H,5-7H2,1-4H3. The Morgan fingerprint density at radius 1 is 1.62 bits per heavy atom. The molecule has 2 unspecified atom stereocenters. The van der Waals surface area contributed by atoms with Gasteiger partial charge in [0.1, 0.15) is 6.61 Å². The first-order valence-corrected chi connectivity index (χ1v) is 5.75. The van der Waals surface area contributed by atoms with Crippen LogP contribution in [0.3, 0.4) is 0 Å². The van der Waals surface area contributed by atoms with Gasteiger partial charge in [0.2, 0.25) is 6.10 Å². The van der Waals surface area contributed by atoms with Crippen molar-refractivity contribution in [1.29, 1.82) is 0 Å². The predicted octanol–water partition coefficient (Wildman–Crippen LogP) is 1.92. The molecule has 4 nitrogen and oxygen atoms in total. The zero-order valence-corrected chi connectivity index (χ0v) is 10.4. The summed E-state index contributed by atoms with van der Waals surface area (Å²) in [6, 6.07) is 0. The molecule has 1 rings (SSSR count). The van der Waals surface area contributed by atoms with Crippen LogP contribution in [0.15, 0.2) is 0 Å². The first-order valence-electron chi connectivity index (χ1n) is 5.75. The third-order valence-corrected chi connectivity index (χ3v) is 2.87. The molecular formula is C12H20O4. The van der Waals surface area contributed by atoms with Crippen LogP contribution in [-0.2, 0) is 19.1 Å². The van der Waals surface area contributed by atoms with Gasteiger partial charge in [-0.3, -0.25) is 4.79 Å². The molecule has 0 N–H and O–H groups in total. The van der Waals surface area contributed by atoms with Crippen molar-refractivity contribution >= 4 is 11.9 Å². The van der Waals surface area contributed by atoms with E-state index in [4.69, 9.17) is 9.47 Å². The van der Waals surface area contributed by atoms with Crippen LogP contribution in [0.1, 0.15) is 40.5 Å². The average Bonchev–Trinajstić information content (AvgIpc) is 2.45.